The molecule has 2 heteroatoms. The van der Waals surface area contributed by atoms with E-state index in [0.717, 1.165) is 18.4 Å². The van der Waals surface area contributed by atoms with Crippen LogP contribution < -0.4 is 0 Å². The minimum atomic E-state index is 0.720. The Balaban J connectivity index is 2.10. The van der Waals surface area contributed by atoms with Gasteiger partial charge in [-0.05, 0) is 25.2 Å². The van der Waals surface area contributed by atoms with Crippen LogP contribution in [0.4, 0.5) is 0 Å². The second kappa shape index (κ2) is 4.82. The van der Waals surface area contributed by atoms with E-state index >= 15 is 0 Å². The van der Waals surface area contributed by atoms with Crippen molar-refractivity contribution in [1.29, 1.82) is 0 Å². The molecule has 1 heterocycles. The molecule has 0 spiro atoms. The summed E-state index contributed by atoms with van der Waals surface area (Å²) in [5.74, 6) is 2.18. The summed E-state index contributed by atoms with van der Waals surface area (Å²) in [6, 6.07) is 0.720. The topological polar surface area (TPSA) is 17.8 Å². The van der Waals surface area contributed by atoms with E-state index in [2.05, 4.69) is 29.6 Å². The van der Waals surface area contributed by atoms with Crippen LogP contribution in [0, 0.1) is 5.92 Å². The largest absolute Gasteiger partial charge is 0.332 e. The molecule has 2 atom stereocenters. The number of imidazole rings is 1. The highest BCUT2D eigenvalue weighted by Crippen LogP contribution is 2.32. The Labute approximate surface area is 92.7 Å². The third kappa shape index (κ3) is 2.42. The van der Waals surface area contributed by atoms with Crippen molar-refractivity contribution in [2.45, 2.75) is 58.4 Å². The fourth-order valence-corrected chi connectivity index (χ4v) is 2.75. The maximum Gasteiger partial charge on any atom is 0.108 e. The van der Waals surface area contributed by atoms with Crippen molar-refractivity contribution in [3.8, 4) is 0 Å². The summed E-state index contributed by atoms with van der Waals surface area (Å²) in [4.78, 5) is 4.47. The van der Waals surface area contributed by atoms with Gasteiger partial charge in [0.05, 0.1) is 0 Å². The molecule has 2 rings (SSSR count). The Bertz CT molecular complexity index is 303. The lowest BCUT2D eigenvalue weighted by atomic mass is 9.87. The molecule has 1 fully saturated rings. The Hall–Kier alpha value is -0.790. The predicted octanol–water partition coefficient (Wildman–Crippen LogP) is 3.59. The number of hydrogen-bond donors (Lipinski definition) is 0. The number of aryl methyl sites for hydroxylation is 1. The Morgan fingerprint density at radius 2 is 2.33 bits per heavy atom. The first-order valence-corrected chi connectivity index (χ1v) is 6.33. The first-order valence-electron chi connectivity index (χ1n) is 6.33. The van der Waals surface area contributed by atoms with E-state index in [0.29, 0.717) is 0 Å². The van der Waals surface area contributed by atoms with Crippen LogP contribution in [0.5, 0.6) is 0 Å². The van der Waals surface area contributed by atoms with Crippen LogP contribution in [-0.2, 0) is 6.42 Å². The average Bonchev–Trinajstić information content (AvgIpc) is 2.66. The van der Waals surface area contributed by atoms with Gasteiger partial charge in [0.15, 0.2) is 0 Å². The molecule has 0 aliphatic heterocycles. The molecular weight excluding hydrogens is 184 g/mol. The van der Waals surface area contributed by atoms with Crippen LogP contribution in [-0.4, -0.2) is 9.55 Å². The average molecular weight is 206 g/mol. The van der Waals surface area contributed by atoms with Gasteiger partial charge in [-0.1, -0.05) is 26.7 Å². The van der Waals surface area contributed by atoms with Crippen molar-refractivity contribution in [2.75, 3.05) is 0 Å². The van der Waals surface area contributed by atoms with Crippen molar-refractivity contribution in [2.24, 2.45) is 5.92 Å². The third-order valence-electron chi connectivity index (χ3n) is 3.52. The summed E-state index contributed by atoms with van der Waals surface area (Å²) < 4.78 is 2.43. The third-order valence-corrected chi connectivity index (χ3v) is 3.52. The Morgan fingerprint density at radius 3 is 3.07 bits per heavy atom. The molecule has 0 saturated heterocycles. The lowest BCUT2D eigenvalue weighted by molar-refractivity contribution is 0.277. The molecule has 2 nitrogen and oxygen atoms in total. The highest BCUT2D eigenvalue weighted by Gasteiger charge is 2.21. The summed E-state index contributed by atoms with van der Waals surface area (Å²) in [6.45, 7) is 4.60. The van der Waals surface area contributed by atoms with Crippen molar-refractivity contribution < 1.29 is 0 Å². The van der Waals surface area contributed by atoms with Gasteiger partial charge >= 0.3 is 0 Å². The van der Waals surface area contributed by atoms with Crippen LogP contribution in [0.3, 0.4) is 0 Å². The zero-order valence-electron chi connectivity index (χ0n) is 9.95. The van der Waals surface area contributed by atoms with Crippen LogP contribution in [0.2, 0.25) is 0 Å². The van der Waals surface area contributed by atoms with Crippen LogP contribution >= 0.6 is 0 Å². The molecule has 1 aliphatic rings. The molecular formula is C13H22N2. The first-order chi connectivity index (χ1) is 7.31. The molecule has 1 aliphatic carbocycles. The quantitative estimate of drug-likeness (QED) is 0.739. The molecule has 15 heavy (non-hydrogen) atoms. The molecule has 0 bridgehead atoms. The second-order valence-corrected chi connectivity index (χ2v) is 4.93. The van der Waals surface area contributed by atoms with E-state index in [1.165, 1.54) is 37.9 Å². The Kier molecular flexibility index (Phi) is 3.45. The molecule has 0 aromatic carbocycles. The number of nitrogens with zero attached hydrogens (tertiary/aromatic N) is 2. The van der Waals surface area contributed by atoms with Gasteiger partial charge in [-0.25, -0.2) is 4.98 Å². The van der Waals surface area contributed by atoms with E-state index < -0.39 is 0 Å². The van der Waals surface area contributed by atoms with E-state index in [1.807, 2.05) is 6.20 Å². The SMILES string of the molecule is CCCc1nccn1C1CCCC(C)C1. The van der Waals surface area contributed by atoms with Gasteiger partial charge in [0, 0.05) is 24.9 Å². The summed E-state index contributed by atoms with van der Waals surface area (Å²) >= 11 is 0. The van der Waals surface area contributed by atoms with Gasteiger partial charge in [-0.2, -0.15) is 0 Å². The first kappa shape index (κ1) is 10.7. The van der Waals surface area contributed by atoms with Gasteiger partial charge in [0.1, 0.15) is 5.82 Å². The van der Waals surface area contributed by atoms with E-state index in [1.54, 1.807) is 0 Å². The minimum absolute atomic E-state index is 0.720. The van der Waals surface area contributed by atoms with Crippen LogP contribution in [0.15, 0.2) is 12.4 Å². The van der Waals surface area contributed by atoms with Gasteiger partial charge in [-0.15, -0.1) is 0 Å². The monoisotopic (exact) mass is 206 g/mol. The number of aromatic nitrogens is 2. The fraction of sp³-hybridized carbons (Fsp3) is 0.769. The predicted molar refractivity (Wildman–Crippen MR) is 62.9 cm³/mol. The number of hydrogen-bond acceptors (Lipinski definition) is 1. The second-order valence-electron chi connectivity index (χ2n) is 4.93. The lowest BCUT2D eigenvalue weighted by Crippen LogP contribution is -2.19. The summed E-state index contributed by atoms with van der Waals surface area (Å²) in [6.07, 6.45) is 11.9. The molecule has 84 valence electrons. The Morgan fingerprint density at radius 1 is 1.47 bits per heavy atom. The molecule has 0 radical (unpaired) electrons. The maximum atomic E-state index is 4.47. The smallest absolute Gasteiger partial charge is 0.108 e. The molecule has 2 unspecified atom stereocenters. The van der Waals surface area contributed by atoms with Crippen molar-refractivity contribution in [1.82, 2.24) is 9.55 Å². The minimum Gasteiger partial charge on any atom is -0.332 e. The fourth-order valence-electron chi connectivity index (χ4n) is 2.75. The molecule has 1 aromatic rings. The van der Waals surface area contributed by atoms with E-state index in [4.69, 9.17) is 0 Å². The van der Waals surface area contributed by atoms with E-state index in [9.17, 15) is 0 Å². The number of rotatable bonds is 3. The zero-order chi connectivity index (χ0) is 10.7. The maximum absolute atomic E-state index is 4.47. The molecule has 0 N–H and O–H groups in total. The standard InChI is InChI=1S/C13H22N2/c1-3-5-13-14-8-9-15(13)12-7-4-6-11(2)10-12/h8-9,11-12H,3-7,10H2,1-2H3. The van der Waals surface area contributed by atoms with Crippen molar-refractivity contribution >= 4 is 0 Å². The molecule has 1 saturated carbocycles. The van der Waals surface area contributed by atoms with E-state index in [-0.39, 0.29) is 0 Å². The summed E-state index contributed by atoms with van der Waals surface area (Å²) in [5, 5.41) is 0. The molecule has 1 aromatic heterocycles. The van der Waals surface area contributed by atoms with Gasteiger partial charge in [0.25, 0.3) is 0 Å². The zero-order valence-corrected chi connectivity index (χ0v) is 9.95. The lowest BCUT2D eigenvalue weighted by Gasteiger charge is -2.28. The van der Waals surface area contributed by atoms with Gasteiger partial charge in [-0.3, -0.25) is 0 Å². The van der Waals surface area contributed by atoms with Gasteiger partial charge in [0.2, 0.25) is 0 Å². The van der Waals surface area contributed by atoms with Gasteiger partial charge < -0.3 is 4.57 Å². The van der Waals surface area contributed by atoms with Crippen molar-refractivity contribution in [3.63, 3.8) is 0 Å². The summed E-state index contributed by atoms with van der Waals surface area (Å²) in [7, 11) is 0. The normalized spacial score (nSPS) is 26.8. The van der Waals surface area contributed by atoms with Crippen LogP contribution in [0.25, 0.3) is 0 Å². The molecule has 0 amide bonds. The highest BCUT2D eigenvalue weighted by atomic mass is 15.1. The summed E-state index contributed by atoms with van der Waals surface area (Å²) in [5.41, 5.74) is 0. The highest BCUT2D eigenvalue weighted by molar-refractivity contribution is 4.96. The van der Waals surface area contributed by atoms with Crippen molar-refractivity contribution in [3.05, 3.63) is 18.2 Å². The van der Waals surface area contributed by atoms with Crippen LogP contribution in [0.1, 0.15) is 57.8 Å².